The van der Waals surface area contributed by atoms with Crippen LogP contribution >= 0.6 is 0 Å². The van der Waals surface area contributed by atoms with Gasteiger partial charge in [0.15, 0.2) is 0 Å². The van der Waals surface area contributed by atoms with Crippen LogP contribution in [0.4, 0.5) is 5.69 Å². The van der Waals surface area contributed by atoms with Crippen LogP contribution in [0, 0.1) is 0 Å². The highest BCUT2D eigenvalue weighted by molar-refractivity contribution is 7.92. The summed E-state index contributed by atoms with van der Waals surface area (Å²) in [7, 11) is -3.58. The average molecular weight is 519 g/mol. The van der Waals surface area contributed by atoms with Gasteiger partial charge in [-0.05, 0) is 59.5 Å². The maximum Gasteiger partial charge on any atom is 0.229 e. The summed E-state index contributed by atoms with van der Waals surface area (Å²) < 4.78 is 31.4. The Morgan fingerprint density at radius 2 is 1.41 bits per heavy atom. The number of aliphatic hydroxyl groups excluding tert-OH is 1. The van der Waals surface area contributed by atoms with E-state index in [4.69, 9.17) is 4.74 Å². The predicted molar refractivity (Wildman–Crippen MR) is 145 cm³/mol. The molecule has 0 aliphatic rings. The quantitative estimate of drug-likeness (QED) is 0.204. The lowest BCUT2D eigenvalue weighted by Gasteiger charge is -2.22. The van der Waals surface area contributed by atoms with Crippen LogP contribution in [0.15, 0.2) is 103 Å². The van der Waals surface area contributed by atoms with Gasteiger partial charge in [0.25, 0.3) is 0 Å². The Kier molecular flexibility index (Phi) is 8.45. The standard InChI is InChI=1S/C29H30N2O5S/c1-37(34,35)31-27-19-23(14-17-28(27)32)29(33)20-30-26(18-21-8-4-2-5-9-21)22-12-15-25(16-13-22)36-24-10-6-3-7-11-24/h2-17,19,26,29-33H,18,20H2,1H3/t26?,29-/m0/s1. The van der Waals surface area contributed by atoms with Crippen molar-refractivity contribution in [3.05, 3.63) is 120 Å². The summed E-state index contributed by atoms with van der Waals surface area (Å²) in [6.07, 6.45) is 0.768. The first-order valence-corrected chi connectivity index (χ1v) is 13.7. The van der Waals surface area contributed by atoms with E-state index >= 15 is 0 Å². The normalized spacial score (nSPS) is 13.0. The topological polar surface area (TPSA) is 108 Å². The summed E-state index contributed by atoms with van der Waals surface area (Å²) in [6.45, 7) is 0.211. The monoisotopic (exact) mass is 518 g/mol. The van der Waals surface area contributed by atoms with Crippen molar-refractivity contribution in [3.8, 4) is 17.2 Å². The Morgan fingerprint density at radius 3 is 2.05 bits per heavy atom. The molecule has 0 heterocycles. The number of hydrogen-bond acceptors (Lipinski definition) is 6. The van der Waals surface area contributed by atoms with Gasteiger partial charge in [-0.3, -0.25) is 4.72 Å². The highest BCUT2D eigenvalue weighted by atomic mass is 32.2. The van der Waals surface area contributed by atoms with E-state index in [0.717, 1.165) is 28.9 Å². The number of anilines is 1. The number of hydrogen-bond donors (Lipinski definition) is 4. The third-order valence-corrected chi connectivity index (χ3v) is 6.39. The lowest BCUT2D eigenvalue weighted by Crippen LogP contribution is -2.28. The molecular weight excluding hydrogens is 488 g/mol. The van der Waals surface area contributed by atoms with Gasteiger partial charge >= 0.3 is 0 Å². The maximum absolute atomic E-state index is 11.6. The zero-order chi connectivity index (χ0) is 26.3. The number of rotatable bonds is 11. The van der Waals surface area contributed by atoms with E-state index in [9.17, 15) is 18.6 Å². The molecule has 0 bridgehead atoms. The fourth-order valence-electron chi connectivity index (χ4n) is 3.96. The second kappa shape index (κ2) is 11.9. The van der Waals surface area contributed by atoms with Crippen molar-refractivity contribution < 1.29 is 23.4 Å². The first-order chi connectivity index (χ1) is 17.8. The third kappa shape index (κ3) is 7.82. The Morgan fingerprint density at radius 1 is 0.811 bits per heavy atom. The summed E-state index contributed by atoms with van der Waals surface area (Å²) in [5.41, 5.74) is 2.67. The molecule has 4 aromatic carbocycles. The average Bonchev–Trinajstić information content (AvgIpc) is 2.88. The molecule has 0 amide bonds. The highest BCUT2D eigenvalue weighted by Crippen LogP contribution is 2.29. The number of nitrogens with one attached hydrogen (secondary N) is 2. The molecule has 0 spiro atoms. The number of sulfonamides is 1. The molecular formula is C29H30N2O5S. The van der Waals surface area contributed by atoms with Gasteiger partial charge in [-0.25, -0.2) is 8.42 Å². The van der Waals surface area contributed by atoms with Crippen LogP contribution in [0.3, 0.4) is 0 Å². The Bertz CT molecular complexity index is 1400. The van der Waals surface area contributed by atoms with Gasteiger partial charge in [-0.1, -0.05) is 66.7 Å². The molecule has 7 nitrogen and oxygen atoms in total. The summed E-state index contributed by atoms with van der Waals surface area (Å²) in [5.74, 6) is 1.27. The van der Waals surface area contributed by atoms with Crippen molar-refractivity contribution in [1.29, 1.82) is 0 Å². The lowest BCUT2D eigenvalue weighted by atomic mass is 9.98. The molecule has 0 aliphatic heterocycles. The van der Waals surface area contributed by atoms with Gasteiger partial charge in [-0.2, -0.15) is 0 Å². The van der Waals surface area contributed by atoms with Gasteiger partial charge in [0.2, 0.25) is 10.0 Å². The van der Waals surface area contributed by atoms with Crippen molar-refractivity contribution in [2.75, 3.05) is 17.5 Å². The van der Waals surface area contributed by atoms with Crippen molar-refractivity contribution in [1.82, 2.24) is 5.32 Å². The molecule has 192 valence electrons. The van der Waals surface area contributed by atoms with E-state index in [-0.39, 0.29) is 24.0 Å². The number of benzene rings is 4. The molecule has 2 atom stereocenters. The number of para-hydroxylation sites is 1. The van der Waals surface area contributed by atoms with Crippen LogP contribution in [0.1, 0.15) is 28.8 Å². The lowest BCUT2D eigenvalue weighted by molar-refractivity contribution is 0.169. The fraction of sp³-hybridized carbons (Fsp3) is 0.172. The molecule has 4 aromatic rings. The zero-order valence-electron chi connectivity index (χ0n) is 20.4. The van der Waals surface area contributed by atoms with Crippen molar-refractivity contribution in [2.45, 2.75) is 18.6 Å². The second-order valence-corrected chi connectivity index (χ2v) is 10.5. The molecule has 0 aliphatic carbocycles. The molecule has 37 heavy (non-hydrogen) atoms. The van der Waals surface area contributed by atoms with Crippen LogP contribution in [0.5, 0.6) is 17.2 Å². The molecule has 0 saturated carbocycles. The van der Waals surface area contributed by atoms with Crippen LogP contribution in [-0.2, 0) is 16.4 Å². The number of aliphatic hydroxyl groups is 1. The first-order valence-electron chi connectivity index (χ1n) is 11.9. The molecule has 0 saturated heterocycles. The van der Waals surface area contributed by atoms with E-state index < -0.39 is 16.1 Å². The van der Waals surface area contributed by atoms with E-state index in [2.05, 4.69) is 22.2 Å². The molecule has 1 unspecified atom stereocenters. The number of aromatic hydroxyl groups is 1. The summed E-state index contributed by atoms with van der Waals surface area (Å²) in [4.78, 5) is 0. The zero-order valence-corrected chi connectivity index (χ0v) is 21.2. The first kappa shape index (κ1) is 26.2. The predicted octanol–water partition coefficient (Wildman–Crippen LogP) is 5.16. The van der Waals surface area contributed by atoms with Gasteiger partial charge in [0.05, 0.1) is 18.0 Å². The fourth-order valence-corrected chi connectivity index (χ4v) is 4.53. The third-order valence-electron chi connectivity index (χ3n) is 5.80. The second-order valence-electron chi connectivity index (χ2n) is 8.80. The van der Waals surface area contributed by atoms with Gasteiger partial charge in [0.1, 0.15) is 17.2 Å². The van der Waals surface area contributed by atoms with Gasteiger partial charge < -0.3 is 20.3 Å². The van der Waals surface area contributed by atoms with E-state index in [1.165, 1.54) is 12.1 Å². The van der Waals surface area contributed by atoms with Crippen LogP contribution in [0.25, 0.3) is 0 Å². The van der Waals surface area contributed by atoms with Crippen molar-refractivity contribution in [3.63, 3.8) is 0 Å². The summed E-state index contributed by atoms with van der Waals surface area (Å²) in [5, 5.41) is 24.3. The van der Waals surface area contributed by atoms with E-state index in [0.29, 0.717) is 12.0 Å². The minimum absolute atomic E-state index is 0.0221. The minimum atomic E-state index is -3.58. The van der Waals surface area contributed by atoms with Crippen LogP contribution in [0.2, 0.25) is 0 Å². The molecule has 4 N–H and O–H groups in total. The Hall–Kier alpha value is -3.85. The Labute approximate surface area is 217 Å². The highest BCUT2D eigenvalue weighted by Gasteiger charge is 2.17. The summed E-state index contributed by atoms with van der Waals surface area (Å²) in [6, 6.07) is 31.7. The molecule has 0 fully saturated rings. The summed E-state index contributed by atoms with van der Waals surface area (Å²) >= 11 is 0. The van der Waals surface area contributed by atoms with Crippen LogP contribution in [-0.4, -0.2) is 31.4 Å². The van der Waals surface area contributed by atoms with Gasteiger partial charge in [0, 0.05) is 12.6 Å². The largest absolute Gasteiger partial charge is 0.506 e. The molecule has 0 aromatic heterocycles. The van der Waals surface area contributed by atoms with Gasteiger partial charge in [-0.15, -0.1) is 0 Å². The van der Waals surface area contributed by atoms with Crippen molar-refractivity contribution in [2.24, 2.45) is 0 Å². The number of ether oxygens (including phenoxy) is 1. The maximum atomic E-state index is 11.6. The van der Waals surface area contributed by atoms with Crippen LogP contribution < -0.4 is 14.8 Å². The van der Waals surface area contributed by atoms with E-state index in [1.54, 1.807) is 6.07 Å². The smallest absolute Gasteiger partial charge is 0.229 e. The van der Waals surface area contributed by atoms with E-state index in [1.807, 2.05) is 72.8 Å². The SMILES string of the molecule is CS(=O)(=O)Nc1cc([C@@H](O)CNC(Cc2ccccc2)c2ccc(Oc3ccccc3)cc2)ccc1O. The number of phenolic OH excluding ortho intramolecular Hbond substituents is 1. The number of phenols is 1. The Balaban J connectivity index is 1.49. The molecule has 0 radical (unpaired) electrons. The molecule has 4 rings (SSSR count). The minimum Gasteiger partial charge on any atom is -0.506 e. The van der Waals surface area contributed by atoms with Crippen molar-refractivity contribution >= 4 is 15.7 Å². The molecule has 8 heteroatoms.